The van der Waals surface area contributed by atoms with Crippen LogP contribution in [0, 0.1) is 5.92 Å². The molecular formula is C22H40O15. The summed E-state index contributed by atoms with van der Waals surface area (Å²) in [6, 6.07) is 0. The van der Waals surface area contributed by atoms with E-state index < -0.39 is 86.1 Å². The molecule has 0 radical (unpaired) electrons. The summed E-state index contributed by atoms with van der Waals surface area (Å²) < 4.78 is 23.1. The molecule has 1 saturated carbocycles. The van der Waals surface area contributed by atoms with E-state index in [9.17, 15) is 35.7 Å². The van der Waals surface area contributed by atoms with Crippen molar-refractivity contribution in [2.75, 3.05) is 34.0 Å². The van der Waals surface area contributed by atoms with Crippen molar-refractivity contribution in [3.8, 4) is 0 Å². The largest absolute Gasteiger partial charge is 0.394 e. The Labute approximate surface area is 214 Å². The van der Waals surface area contributed by atoms with E-state index >= 15 is 0 Å². The smallest absolute Gasteiger partial charge is 0.187 e. The van der Waals surface area contributed by atoms with Gasteiger partial charge in [0.25, 0.3) is 0 Å². The minimum Gasteiger partial charge on any atom is -0.394 e. The molecule has 0 aromatic carbocycles. The molecule has 1 aliphatic carbocycles. The molecule has 3 fully saturated rings. The van der Waals surface area contributed by atoms with Crippen LogP contribution in [0.3, 0.4) is 0 Å². The third-order valence-corrected chi connectivity index (χ3v) is 7.14. The first kappa shape index (κ1) is 30.9. The van der Waals surface area contributed by atoms with Gasteiger partial charge in [0.1, 0.15) is 54.9 Å². The molecule has 3 rings (SSSR count). The average Bonchev–Trinajstić information content (AvgIpc) is 2.89. The highest BCUT2D eigenvalue weighted by Gasteiger charge is 2.48. The van der Waals surface area contributed by atoms with E-state index in [4.69, 9.17) is 38.5 Å². The van der Waals surface area contributed by atoms with Crippen LogP contribution in [0.25, 0.3) is 0 Å². The number of ether oxygens (including phenoxy) is 4. The van der Waals surface area contributed by atoms with Crippen molar-refractivity contribution >= 4 is 0 Å². The number of rotatable bonds is 11. The number of hydrogen-bond acceptors (Lipinski definition) is 15. The zero-order valence-electron chi connectivity index (χ0n) is 21.0. The van der Waals surface area contributed by atoms with E-state index in [1.54, 1.807) is 6.92 Å². The molecule has 0 spiro atoms. The molecule has 7 N–H and O–H groups in total. The minimum absolute atomic E-state index is 0.113. The molecule has 15 nitrogen and oxygen atoms in total. The monoisotopic (exact) mass is 544 g/mol. The van der Waals surface area contributed by atoms with Crippen molar-refractivity contribution < 1.29 is 74.2 Å². The number of hydrogen-bond donors (Lipinski definition) is 7. The summed E-state index contributed by atoms with van der Waals surface area (Å²) in [5.74, 6) is -0.303. The van der Waals surface area contributed by atoms with Gasteiger partial charge >= 0.3 is 0 Å². The van der Waals surface area contributed by atoms with E-state index in [0.29, 0.717) is 0 Å². The molecule has 2 saturated heterocycles. The molecule has 37 heavy (non-hydrogen) atoms. The highest BCUT2D eigenvalue weighted by Crippen LogP contribution is 2.35. The Balaban J connectivity index is 1.75. The quantitative estimate of drug-likeness (QED) is 0.0986. The van der Waals surface area contributed by atoms with Crippen LogP contribution in [0.4, 0.5) is 0 Å². The van der Waals surface area contributed by atoms with Crippen molar-refractivity contribution in [3.05, 3.63) is 0 Å². The molecule has 0 aromatic rings. The third kappa shape index (κ3) is 7.33. The lowest BCUT2D eigenvalue weighted by Crippen LogP contribution is -2.61. The van der Waals surface area contributed by atoms with Gasteiger partial charge in [-0.05, 0) is 13.3 Å². The molecular weight excluding hydrogens is 504 g/mol. The van der Waals surface area contributed by atoms with Crippen LogP contribution in [-0.4, -0.2) is 149 Å². The molecule has 0 bridgehead atoms. The third-order valence-electron chi connectivity index (χ3n) is 7.14. The van der Waals surface area contributed by atoms with Crippen molar-refractivity contribution in [1.29, 1.82) is 0 Å². The standard InChI is InChI=1S/C22H40O15/c1-9-16(24)19(27)18(26)15(34-9)8-32-12-4-10(7-33-30-2)11(37-31-3)5-13(12)35-22-21(29)20(28)17(25)14(6-23)36-22/h9-29H,4-8H2,1-3H3. The maximum absolute atomic E-state index is 10.4. The Morgan fingerprint density at radius 1 is 0.703 bits per heavy atom. The summed E-state index contributed by atoms with van der Waals surface area (Å²) in [7, 11) is 2.70. The fraction of sp³-hybridized carbons (Fsp3) is 1.00. The Kier molecular flexibility index (Phi) is 11.8. The van der Waals surface area contributed by atoms with Gasteiger partial charge in [0, 0.05) is 12.3 Å². The van der Waals surface area contributed by atoms with Crippen LogP contribution in [0.1, 0.15) is 19.8 Å². The summed E-state index contributed by atoms with van der Waals surface area (Å²) in [4.78, 5) is 20.1. The van der Waals surface area contributed by atoms with E-state index in [1.807, 2.05) is 0 Å². The Morgan fingerprint density at radius 3 is 2.03 bits per heavy atom. The molecule has 218 valence electrons. The molecule has 3 aliphatic rings. The highest BCUT2D eigenvalue weighted by molar-refractivity contribution is 4.94. The van der Waals surface area contributed by atoms with E-state index in [-0.39, 0.29) is 32.0 Å². The highest BCUT2D eigenvalue weighted by atomic mass is 17.2. The molecule has 0 amide bonds. The van der Waals surface area contributed by atoms with Crippen LogP contribution in [0.5, 0.6) is 0 Å². The average molecular weight is 545 g/mol. The first-order valence-corrected chi connectivity index (χ1v) is 12.2. The summed E-state index contributed by atoms with van der Waals surface area (Å²) in [5, 5.41) is 70.6. The molecule has 2 heterocycles. The maximum Gasteiger partial charge on any atom is 0.187 e. The second-order valence-electron chi connectivity index (χ2n) is 9.58. The van der Waals surface area contributed by atoms with Gasteiger partial charge in [-0.25, -0.2) is 19.6 Å². The van der Waals surface area contributed by atoms with Gasteiger partial charge in [-0.3, -0.25) is 0 Å². The first-order chi connectivity index (χ1) is 17.6. The van der Waals surface area contributed by atoms with Gasteiger partial charge in [0.15, 0.2) is 6.29 Å². The van der Waals surface area contributed by atoms with Crippen molar-refractivity contribution in [1.82, 2.24) is 0 Å². The van der Waals surface area contributed by atoms with Gasteiger partial charge in [0.05, 0.1) is 52.4 Å². The Hall–Kier alpha value is -0.600. The second kappa shape index (κ2) is 14.2. The zero-order chi connectivity index (χ0) is 27.3. The summed E-state index contributed by atoms with van der Waals surface area (Å²) >= 11 is 0. The molecule has 0 aromatic heterocycles. The Bertz CT molecular complexity index is 670. The molecule has 14 atom stereocenters. The van der Waals surface area contributed by atoms with Gasteiger partial charge in [-0.2, -0.15) is 0 Å². The lowest BCUT2D eigenvalue weighted by Gasteiger charge is -2.45. The normalized spacial score (nSPS) is 47.2. The van der Waals surface area contributed by atoms with E-state index in [0.717, 1.165) is 0 Å². The molecule has 2 aliphatic heterocycles. The van der Waals surface area contributed by atoms with Crippen LogP contribution < -0.4 is 0 Å². The number of aliphatic hydroxyl groups is 7. The Morgan fingerprint density at radius 2 is 1.38 bits per heavy atom. The van der Waals surface area contributed by atoms with Crippen LogP contribution in [0.15, 0.2) is 0 Å². The van der Waals surface area contributed by atoms with E-state index in [1.165, 1.54) is 14.2 Å². The lowest BCUT2D eigenvalue weighted by molar-refractivity contribution is -0.360. The summed E-state index contributed by atoms with van der Waals surface area (Å²) in [5.41, 5.74) is 0. The second-order valence-corrected chi connectivity index (χ2v) is 9.58. The first-order valence-electron chi connectivity index (χ1n) is 12.2. The van der Waals surface area contributed by atoms with Gasteiger partial charge in [0.2, 0.25) is 0 Å². The fourth-order valence-electron chi connectivity index (χ4n) is 4.91. The molecule has 15 heteroatoms. The van der Waals surface area contributed by atoms with Gasteiger partial charge in [-0.1, -0.05) is 0 Å². The SMILES string of the molecule is COOCC1CC(OCC2OC(C)C(O)C(O)C2O)C(OC2OC(CO)C(O)C(O)C2O)CC1OOC. The van der Waals surface area contributed by atoms with Crippen LogP contribution >= 0.6 is 0 Å². The predicted octanol–water partition coefficient (Wildman–Crippen LogP) is -3.64. The minimum atomic E-state index is -1.63. The maximum atomic E-state index is 10.4. The van der Waals surface area contributed by atoms with Crippen molar-refractivity contribution in [2.45, 2.75) is 99.3 Å². The van der Waals surface area contributed by atoms with Crippen LogP contribution in [-0.2, 0) is 38.5 Å². The van der Waals surface area contributed by atoms with Crippen molar-refractivity contribution in [2.24, 2.45) is 5.92 Å². The summed E-state index contributed by atoms with van der Waals surface area (Å²) in [6.07, 6.45) is -14.9. The van der Waals surface area contributed by atoms with Gasteiger partial charge < -0.3 is 54.7 Å². The topological polar surface area (TPSA) is 215 Å². The van der Waals surface area contributed by atoms with E-state index in [2.05, 4.69) is 0 Å². The zero-order valence-corrected chi connectivity index (χ0v) is 21.0. The van der Waals surface area contributed by atoms with Crippen LogP contribution in [0.2, 0.25) is 0 Å². The number of aliphatic hydroxyl groups excluding tert-OH is 7. The predicted molar refractivity (Wildman–Crippen MR) is 118 cm³/mol. The summed E-state index contributed by atoms with van der Waals surface area (Å²) in [6.45, 7) is 0.873. The fourth-order valence-corrected chi connectivity index (χ4v) is 4.91. The van der Waals surface area contributed by atoms with Crippen molar-refractivity contribution in [3.63, 3.8) is 0 Å². The van der Waals surface area contributed by atoms with Gasteiger partial charge in [-0.15, -0.1) is 0 Å². The lowest BCUT2D eigenvalue weighted by atomic mass is 9.83. The molecule has 14 unspecified atom stereocenters.